The molecule has 2 heterocycles. The number of benzene rings is 1. The average Bonchev–Trinajstić information content (AvgIpc) is 2.67. The van der Waals surface area contributed by atoms with Crippen molar-refractivity contribution in [1.82, 2.24) is 4.90 Å². The molecule has 24 heavy (non-hydrogen) atoms. The second-order valence-electron chi connectivity index (χ2n) is 6.78. The number of carboxylic acids is 2. The average molecular weight is 329 g/mol. The van der Waals surface area contributed by atoms with Crippen LogP contribution in [-0.2, 0) is 20.9 Å². The van der Waals surface area contributed by atoms with Crippen LogP contribution in [0.25, 0.3) is 0 Å². The lowest BCUT2D eigenvalue weighted by Gasteiger charge is -2.36. The SMILES string of the molecule is C[C@]1(C(=O)O)[C@@H]2C(=O)C=C[C@@H](N2Cc2ccccc2)[C@@]1(C)C(=O)O. The Balaban J connectivity index is 2.15. The van der Waals surface area contributed by atoms with Gasteiger partial charge in [-0.15, -0.1) is 0 Å². The highest BCUT2D eigenvalue weighted by molar-refractivity contribution is 6.04. The number of aliphatic carboxylic acids is 2. The summed E-state index contributed by atoms with van der Waals surface area (Å²) in [6, 6.07) is 7.64. The molecule has 3 rings (SSSR count). The second-order valence-corrected chi connectivity index (χ2v) is 6.78. The van der Waals surface area contributed by atoms with Gasteiger partial charge in [0.05, 0.1) is 6.04 Å². The Morgan fingerprint density at radius 1 is 1.08 bits per heavy atom. The van der Waals surface area contributed by atoms with Gasteiger partial charge in [-0.1, -0.05) is 36.4 Å². The Morgan fingerprint density at radius 2 is 1.67 bits per heavy atom. The van der Waals surface area contributed by atoms with Crippen molar-refractivity contribution in [3.05, 3.63) is 48.0 Å². The molecule has 126 valence electrons. The third kappa shape index (κ3) is 1.89. The molecular formula is C18H19NO5. The molecule has 6 nitrogen and oxygen atoms in total. The van der Waals surface area contributed by atoms with Gasteiger partial charge < -0.3 is 10.2 Å². The molecule has 6 heteroatoms. The van der Waals surface area contributed by atoms with E-state index < -0.39 is 34.9 Å². The van der Waals surface area contributed by atoms with E-state index in [1.807, 2.05) is 30.3 Å². The van der Waals surface area contributed by atoms with Gasteiger partial charge >= 0.3 is 11.9 Å². The quantitative estimate of drug-likeness (QED) is 0.870. The highest BCUT2D eigenvalue weighted by Crippen LogP contribution is 2.57. The van der Waals surface area contributed by atoms with Crippen LogP contribution in [0.15, 0.2) is 42.5 Å². The minimum absolute atomic E-state index is 0.317. The van der Waals surface area contributed by atoms with Crippen LogP contribution in [0.4, 0.5) is 0 Å². The summed E-state index contributed by atoms with van der Waals surface area (Å²) in [6.07, 6.45) is 2.86. The standard InChI is InChI=1S/C18H19NO5/c1-17(15(21)22)13-9-8-12(20)14(18(17,2)16(23)24)19(13)10-11-6-4-3-5-7-11/h3-9,13-14H,10H2,1-2H3,(H,21,22)(H,23,24)/t13-,14+,17+,18-/m1/s1. The van der Waals surface area contributed by atoms with E-state index in [1.165, 1.54) is 26.0 Å². The van der Waals surface area contributed by atoms with Crippen molar-refractivity contribution in [2.75, 3.05) is 0 Å². The Labute approximate surface area is 139 Å². The van der Waals surface area contributed by atoms with E-state index in [-0.39, 0.29) is 5.78 Å². The molecule has 0 radical (unpaired) electrons. The molecule has 0 aliphatic carbocycles. The molecule has 2 N–H and O–H groups in total. The maximum absolute atomic E-state index is 12.5. The predicted octanol–water partition coefficient (Wildman–Crippen LogP) is 1.56. The summed E-state index contributed by atoms with van der Waals surface area (Å²) in [5.74, 6) is -2.84. The van der Waals surface area contributed by atoms with E-state index in [0.29, 0.717) is 6.54 Å². The van der Waals surface area contributed by atoms with Gasteiger partial charge in [-0.05, 0) is 25.5 Å². The van der Waals surface area contributed by atoms with Crippen LogP contribution in [0.5, 0.6) is 0 Å². The third-order valence-electron chi connectivity index (χ3n) is 5.71. The lowest BCUT2D eigenvalue weighted by atomic mass is 9.62. The fourth-order valence-electron chi connectivity index (χ4n) is 4.11. The number of hydrogen-bond acceptors (Lipinski definition) is 4. The number of nitrogens with zero attached hydrogens (tertiary/aromatic N) is 1. The lowest BCUT2D eigenvalue weighted by molar-refractivity contribution is -0.169. The summed E-state index contributed by atoms with van der Waals surface area (Å²) in [4.78, 5) is 38.3. The molecule has 1 aromatic carbocycles. The van der Waals surface area contributed by atoms with Crippen LogP contribution >= 0.6 is 0 Å². The first-order chi connectivity index (χ1) is 11.2. The van der Waals surface area contributed by atoms with E-state index in [9.17, 15) is 24.6 Å². The van der Waals surface area contributed by atoms with Crippen LogP contribution in [-0.4, -0.2) is 44.9 Å². The number of fused-ring (bicyclic) bond motifs is 2. The molecule has 4 atom stereocenters. The van der Waals surface area contributed by atoms with Crippen molar-refractivity contribution in [2.45, 2.75) is 32.5 Å². The molecule has 0 aromatic heterocycles. The van der Waals surface area contributed by atoms with Crippen LogP contribution in [0.2, 0.25) is 0 Å². The summed E-state index contributed by atoms with van der Waals surface area (Å²) in [7, 11) is 0. The van der Waals surface area contributed by atoms with E-state index in [0.717, 1.165) is 5.56 Å². The minimum atomic E-state index is -1.72. The summed E-state index contributed by atoms with van der Waals surface area (Å²) >= 11 is 0. The van der Waals surface area contributed by atoms with Crippen molar-refractivity contribution < 1.29 is 24.6 Å². The van der Waals surface area contributed by atoms with Crippen molar-refractivity contribution >= 4 is 17.7 Å². The fourth-order valence-corrected chi connectivity index (χ4v) is 4.11. The maximum Gasteiger partial charge on any atom is 0.312 e. The van der Waals surface area contributed by atoms with Crippen molar-refractivity contribution in [3.8, 4) is 0 Å². The maximum atomic E-state index is 12.5. The van der Waals surface area contributed by atoms with E-state index >= 15 is 0 Å². The monoisotopic (exact) mass is 329 g/mol. The van der Waals surface area contributed by atoms with Crippen molar-refractivity contribution in [1.29, 1.82) is 0 Å². The molecule has 2 aliphatic rings. The van der Waals surface area contributed by atoms with Gasteiger partial charge in [-0.3, -0.25) is 19.3 Å². The highest BCUT2D eigenvalue weighted by atomic mass is 16.4. The summed E-state index contributed by atoms with van der Waals surface area (Å²) < 4.78 is 0. The predicted molar refractivity (Wildman–Crippen MR) is 85.2 cm³/mol. The normalized spacial score (nSPS) is 35.2. The molecule has 0 saturated carbocycles. The second kappa shape index (κ2) is 5.27. The molecule has 2 aliphatic heterocycles. The zero-order valence-electron chi connectivity index (χ0n) is 13.5. The Morgan fingerprint density at radius 3 is 2.21 bits per heavy atom. The Kier molecular flexibility index (Phi) is 3.60. The number of carbonyl (C=O) groups excluding carboxylic acids is 1. The van der Waals surface area contributed by atoms with Gasteiger partial charge in [0.2, 0.25) is 0 Å². The van der Waals surface area contributed by atoms with Crippen molar-refractivity contribution in [2.24, 2.45) is 10.8 Å². The largest absolute Gasteiger partial charge is 0.481 e. The molecule has 1 fully saturated rings. The molecule has 1 saturated heterocycles. The summed E-state index contributed by atoms with van der Waals surface area (Å²) in [5, 5.41) is 19.7. The molecular weight excluding hydrogens is 310 g/mol. The number of hydrogen-bond donors (Lipinski definition) is 2. The molecule has 1 aromatic rings. The fraction of sp³-hybridized carbons (Fsp3) is 0.389. The summed E-state index contributed by atoms with van der Waals surface area (Å²) in [5.41, 5.74) is -2.43. The van der Waals surface area contributed by atoms with Gasteiger partial charge in [0.15, 0.2) is 5.78 Å². The van der Waals surface area contributed by atoms with Crippen molar-refractivity contribution in [3.63, 3.8) is 0 Å². The van der Waals surface area contributed by atoms with Crippen LogP contribution < -0.4 is 0 Å². The molecule has 0 unspecified atom stereocenters. The lowest BCUT2D eigenvalue weighted by Crippen LogP contribution is -2.54. The van der Waals surface area contributed by atoms with Crippen LogP contribution in [0.1, 0.15) is 19.4 Å². The van der Waals surface area contributed by atoms with Gasteiger partial charge in [0.25, 0.3) is 0 Å². The number of carboxylic acid groups (broad SMARTS) is 2. The topological polar surface area (TPSA) is 94.9 Å². The number of rotatable bonds is 4. The van der Waals surface area contributed by atoms with E-state index in [2.05, 4.69) is 0 Å². The minimum Gasteiger partial charge on any atom is -0.481 e. The van der Waals surface area contributed by atoms with Gasteiger partial charge in [-0.25, -0.2) is 0 Å². The first-order valence-electron chi connectivity index (χ1n) is 7.73. The number of carbonyl (C=O) groups is 3. The Hall–Kier alpha value is -2.47. The van der Waals surface area contributed by atoms with Gasteiger partial charge in [0.1, 0.15) is 10.8 Å². The van der Waals surface area contributed by atoms with Gasteiger partial charge in [0, 0.05) is 12.6 Å². The van der Waals surface area contributed by atoms with E-state index in [4.69, 9.17) is 0 Å². The first kappa shape index (κ1) is 16.4. The van der Waals surface area contributed by atoms with E-state index in [1.54, 1.807) is 4.90 Å². The molecule has 0 spiro atoms. The third-order valence-corrected chi connectivity index (χ3v) is 5.71. The first-order valence-corrected chi connectivity index (χ1v) is 7.73. The van der Waals surface area contributed by atoms with Crippen LogP contribution in [0, 0.1) is 10.8 Å². The zero-order chi connectivity index (χ0) is 17.7. The molecule has 2 bridgehead atoms. The smallest absolute Gasteiger partial charge is 0.312 e. The highest BCUT2D eigenvalue weighted by Gasteiger charge is 2.73. The number of ketones is 1. The molecule has 0 amide bonds. The summed E-state index contributed by atoms with van der Waals surface area (Å²) in [6.45, 7) is 3.12. The van der Waals surface area contributed by atoms with Gasteiger partial charge in [-0.2, -0.15) is 0 Å². The zero-order valence-corrected chi connectivity index (χ0v) is 13.5. The Bertz CT molecular complexity index is 743. The van der Waals surface area contributed by atoms with Crippen LogP contribution in [0.3, 0.4) is 0 Å².